The Morgan fingerprint density at radius 3 is 1.10 bits per heavy atom. The van der Waals surface area contributed by atoms with E-state index in [0.717, 1.165) is 18.4 Å². The molecule has 0 spiro atoms. The summed E-state index contributed by atoms with van der Waals surface area (Å²) < 4.78 is 31.8. The molecular weight excluding hydrogens is 640 g/mol. The summed E-state index contributed by atoms with van der Waals surface area (Å²) in [5.74, 6) is 0. The minimum Gasteiger partial charge on any atom is -0.282 e. The average molecular weight is 727 g/mol. The second-order valence-corrected chi connectivity index (χ2v) is 21.9. The van der Waals surface area contributed by atoms with Crippen LogP contribution < -0.4 is 0 Å². The molecule has 0 bridgehead atoms. The van der Waals surface area contributed by atoms with Crippen LogP contribution in [0.4, 0.5) is 0 Å². The van der Waals surface area contributed by atoms with Gasteiger partial charge in [-0.25, -0.2) is 0 Å². The molecule has 1 aromatic rings. The van der Waals surface area contributed by atoms with E-state index in [1.807, 2.05) is 6.07 Å². The molecule has 3 nitrogen and oxygen atoms in total. The maximum absolute atomic E-state index is 11.3. The Morgan fingerprint density at radius 1 is 0.429 bits per heavy atom. The van der Waals surface area contributed by atoms with Crippen molar-refractivity contribution in [2.24, 2.45) is 0 Å². The molecule has 0 saturated carbocycles. The van der Waals surface area contributed by atoms with E-state index in [4.69, 9.17) is 0 Å². The predicted octanol–water partition coefficient (Wildman–Crippen LogP) is 15.2. The van der Waals surface area contributed by atoms with E-state index >= 15 is 0 Å². The number of unbranched alkanes of at least 4 members (excludes halogenated alkanes) is 23. The van der Waals surface area contributed by atoms with Crippen molar-refractivity contribution in [1.29, 1.82) is 0 Å². The van der Waals surface area contributed by atoms with Crippen molar-refractivity contribution >= 4 is 17.4 Å². The topological polar surface area (TPSA) is 54.4 Å². The van der Waals surface area contributed by atoms with Crippen molar-refractivity contribution in [2.45, 2.75) is 226 Å². The first-order chi connectivity index (χ1) is 23.8. The molecule has 1 N–H and O–H groups in total. The molecule has 0 atom stereocenters. The molecule has 0 aromatic heterocycles. The monoisotopic (exact) mass is 727 g/mol. The van der Waals surface area contributed by atoms with Crippen molar-refractivity contribution in [2.75, 3.05) is 24.6 Å². The van der Waals surface area contributed by atoms with Gasteiger partial charge >= 0.3 is 162 Å². The van der Waals surface area contributed by atoms with Gasteiger partial charge in [0.2, 0.25) is 0 Å². The second kappa shape index (κ2) is 34.6. The number of hydrogen-bond donors (Lipinski definition) is 1. The molecule has 0 radical (unpaired) electrons. The molecule has 0 heterocycles. The molecular formula is C44H87O3PS. The van der Waals surface area contributed by atoms with Crippen molar-refractivity contribution < 1.29 is 13.0 Å². The van der Waals surface area contributed by atoms with Crippen molar-refractivity contribution in [3.8, 4) is 0 Å². The molecule has 5 heteroatoms. The van der Waals surface area contributed by atoms with Crippen LogP contribution in [0.1, 0.15) is 220 Å². The Balaban J connectivity index is 0.000000958. The summed E-state index contributed by atoms with van der Waals surface area (Å²) in [5, 5.41) is 0. The molecule has 0 aliphatic heterocycles. The van der Waals surface area contributed by atoms with Gasteiger partial charge in [-0.15, -0.1) is 0 Å². The van der Waals surface area contributed by atoms with Gasteiger partial charge in [0, 0.05) is 0 Å². The van der Waals surface area contributed by atoms with Crippen LogP contribution in [-0.4, -0.2) is 37.6 Å². The van der Waals surface area contributed by atoms with Gasteiger partial charge in [0.25, 0.3) is 10.1 Å². The quantitative estimate of drug-likeness (QED) is 0.0437. The Hall–Kier alpha value is -0.440. The molecule has 1 aromatic carbocycles. The van der Waals surface area contributed by atoms with E-state index < -0.39 is 17.4 Å². The maximum Gasteiger partial charge on any atom is 0.294 e. The molecule has 0 aliphatic carbocycles. The van der Waals surface area contributed by atoms with Crippen molar-refractivity contribution in [1.82, 2.24) is 0 Å². The third-order valence-corrected chi connectivity index (χ3v) is 17.4. The van der Waals surface area contributed by atoms with Gasteiger partial charge in [-0.1, -0.05) is 96.3 Å². The average Bonchev–Trinajstić information content (AvgIpc) is 3.10. The first-order valence-electron chi connectivity index (χ1n) is 21.9. The summed E-state index contributed by atoms with van der Waals surface area (Å²) >= 11 is 0. The fraction of sp³-hybridized carbons (Fsp3) is 0.864. The zero-order valence-corrected chi connectivity index (χ0v) is 35.6. The Morgan fingerprint density at radius 2 is 0.735 bits per heavy atom. The number of hydrogen-bond acceptors (Lipinski definition) is 2. The summed E-state index contributed by atoms with van der Waals surface area (Å²) in [6.45, 7) is 11.7. The first kappa shape index (κ1) is 48.6. The summed E-state index contributed by atoms with van der Waals surface area (Å²) in [6.07, 6.45) is 46.5. The number of aryl methyl sites for hydroxylation is 1. The third-order valence-electron chi connectivity index (χ3n) is 10.8. The van der Waals surface area contributed by atoms with Crippen molar-refractivity contribution in [3.63, 3.8) is 0 Å². The van der Waals surface area contributed by atoms with E-state index in [0.29, 0.717) is 6.42 Å². The van der Waals surface area contributed by atoms with Gasteiger partial charge in [0.05, 0.1) is 4.90 Å². The van der Waals surface area contributed by atoms with Crippen LogP contribution in [0.25, 0.3) is 0 Å². The van der Waals surface area contributed by atoms with Gasteiger partial charge in [0.1, 0.15) is 0 Å². The van der Waals surface area contributed by atoms with E-state index in [1.165, 1.54) is 167 Å². The predicted molar refractivity (Wildman–Crippen MR) is 225 cm³/mol. The molecule has 0 amide bonds. The molecule has 0 saturated heterocycles. The molecule has 0 unspecified atom stereocenters. The fourth-order valence-electron chi connectivity index (χ4n) is 7.51. The summed E-state index contributed by atoms with van der Waals surface area (Å²) in [7, 11) is -5.05. The molecule has 292 valence electrons. The molecule has 0 fully saturated rings. The number of rotatable bonds is 34. The van der Waals surface area contributed by atoms with Crippen LogP contribution in [0.2, 0.25) is 0 Å². The third kappa shape index (κ3) is 28.8. The molecule has 0 aliphatic rings. The molecule has 1 rings (SSSR count). The van der Waals surface area contributed by atoms with Gasteiger partial charge in [-0.3, -0.25) is 4.55 Å². The zero-order chi connectivity index (χ0) is 36.3. The van der Waals surface area contributed by atoms with Crippen LogP contribution in [0.15, 0.2) is 29.2 Å². The summed E-state index contributed by atoms with van der Waals surface area (Å²) in [6, 6.07) is 6.73. The standard InChI is InChI=1S/C26H57P.C18H30O3S/c1-5-9-13-14-15-16-17-18-19-20-21-22-26-27(23-10-6-2,24-11-7-3)25-12-8-4;1-2-3-4-5-6-7-8-9-10-11-14-17-15-12-13-16-18(17)22(19,20)21/h27H,5-26H2,1-4H3;12-13,15-16H,2-11,14H2,1H3,(H,19,20,21). The Kier molecular flexibility index (Phi) is 34.3. The van der Waals surface area contributed by atoms with Gasteiger partial charge in [-0.05, 0) is 24.5 Å². The fourth-order valence-corrected chi connectivity index (χ4v) is 14.1. The Bertz CT molecular complexity index is 910. The van der Waals surface area contributed by atoms with Gasteiger partial charge in [0.15, 0.2) is 0 Å². The second-order valence-electron chi connectivity index (χ2n) is 15.5. The van der Waals surface area contributed by atoms with E-state index in [9.17, 15) is 13.0 Å². The smallest absolute Gasteiger partial charge is 0.282 e. The van der Waals surface area contributed by atoms with Gasteiger partial charge in [-0.2, -0.15) is 8.42 Å². The first-order valence-corrected chi connectivity index (χ1v) is 26.1. The number of benzene rings is 1. The zero-order valence-electron chi connectivity index (χ0n) is 33.8. The van der Waals surface area contributed by atoms with Crippen LogP contribution in [0.5, 0.6) is 0 Å². The van der Waals surface area contributed by atoms with E-state index in [-0.39, 0.29) is 4.90 Å². The van der Waals surface area contributed by atoms with Crippen LogP contribution >= 0.6 is 7.26 Å². The normalized spacial score (nSPS) is 12.2. The minimum atomic E-state index is -4.10. The van der Waals surface area contributed by atoms with E-state index in [2.05, 4.69) is 34.6 Å². The maximum atomic E-state index is 11.3. The van der Waals surface area contributed by atoms with Crippen LogP contribution in [-0.2, 0) is 16.5 Å². The summed E-state index contributed by atoms with van der Waals surface area (Å²) in [5.41, 5.74) is 0.726. The van der Waals surface area contributed by atoms with Gasteiger partial charge < -0.3 is 0 Å². The van der Waals surface area contributed by atoms with Crippen LogP contribution in [0, 0.1) is 0 Å². The Labute approximate surface area is 309 Å². The minimum absolute atomic E-state index is 0.0610. The SMILES string of the molecule is CCCCCCCCCCCCCC[PH](CCCC)(CCCC)CCCC.CCCCCCCCCCCCc1ccccc1S(=O)(=O)O. The molecule has 49 heavy (non-hydrogen) atoms. The largest absolute Gasteiger partial charge is 0.294 e. The van der Waals surface area contributed by atoms with Crippen LogP contribution in [0.3, 0.4) is 0 Å². The van der Waals surface area contributed by atoms with E-state index in [1.54, 1.807) is 43.2 Å². The van der Waals surface area contributed by atoms with Crippen molar-refractivity contribution in [3.05, 3.63) is 29.8 Å². The summed E-state index contributed by atoms with van der Waals surface area (Å²) in [4.78, 5) is 0.0610.